The van der Waals surface area contributed by atoms with E-state index in [4.69, 9.17) is 4.84 Å². The maximum atomic E-state index is 14.4. The highest BCUT2D eigenvalue weighted by Gasteiger charge is 2.53. The number of aryl methyl sites for hydroxylation is 1. The SMILES string of the molecule is CC1=NO[C@@]2(CC[C@H](C)N3C[C@H]2n2cc(-c4nnc(Cc5c(F)cc(C)cc5F)s4)c(=O)c(O)c2C3=O)C1. The molecule has 198 valence electrons. The van der Waals surface area contributed by atoms with Gasteiger partial charge in [-0.25, -0.2) is 8.78 Å². The number of oxime groups is 1. The predicted molar refractivity (Wildman–Crippen MR) is 135 cm³/mol. The highest BCUT2D eigenvalue weighted by atomic mass is 32.1. The van der Waals surface area contributed by atoms with Crippen molar-refractivity contribution in [2.24, 2.45) is 5.16 Å². The number of hydrogen-bond acceptors (Lipinski definition) is 8. The Hall–Kier alpha value is -3.67. The van der Waals surface area contributed by atoms with Gasteiger partial charge in [0, 0.05) is 37.2 Å². The summed E-state index contributed by atoms with van der Waals surface area (Å²) in [5.41, 5.74) is -0.384. The van der Waals surface area contributed by atoms with Crippen molar-refractivity contribution < 1.29 is 23.5 Å². The highest BCUT2D eigenvalue weighted by Crippen LogP contribution is 2.46. The number of nitrogens with zero attached hydrogens (tertiary/aromatic N) is 5. The molecule has 1 fully saturated rings. The minimum atomic E-state index is -0.763. The Morgan fingerprint density at radius 1 is 1.21 bits per heavy atom. The molecule has 1 N–H and O–H groups in total. The quantitative estimate of drug-likeness (QED) is 0.538. The minimum Gasteiger partial charge on any atom is -0.503 e. The van der Waals surface area contributed by atoms with Crippen molar-refractivity contribution in [3.05, 3.63) is 62.0 Å². The average Bonchev–Trinajstić information content (AvgIpc) is 3.46. The molecule has 12 heteroatoms. The first-order valence-electron chi connectivity index (χ1n) is 12.4. The van der Waals surface area contributed by atoms with E-state index in [2.05, 4.69) is 15.4 Å². The van der Waals surface area contributed by atoms with Crippen LogP contribution in [0, 0.1) is 18.6 Å². The monoisotopic (exact) mass is 541 g/mol. The Bertz CT molecular complexity index is 1560. The van der Waals surface area contributed by atoms with Crippen LogP contribution in [-0.2, 0) is 11.3 Å². The summed E-state index contributed by atoms with van der Waals surface area (Å²) in [6.45, 7) is 5.76. The molecule has 2 aromatic heterocycles. The molecule has 3 aliphatic heterocycles. The van der Waals surface area contributed by atoms with Crippen LogP contribution in [0.1, 0.15) is 65.8 Å². The Balaban J connectivity index is 1.44. The zero-order chi connectivity index (χ0) is 26.9. The standard InChI is InChI=1S/C26H25F2N5O4S/c1-12-6-17(27)15(18(28)7-12)8-20-29-30-24(38-20)16-10-33-19-11-32(25(36)21(33)23(35)22(16)34)14(3)4-5-26(19)9-13(2)31-37-26/h6-7,10,14,19,35H,4-5,8-9,11H2,1-3H3/t14-,19+,26-/m0/s1. The first-order chi connectivity index (χ1) is 18.1. The molecule has 0 saturated carbocycles. The van der Waals surface area contributed by atoms with E-state index in [1.165, 1.54) is 18.3 Å². The van der Waals surface area contributed by atoms with E-state index < -0.39 is 40.4 Å². The molecule has 1 amide bonds. The topological polar surface area (TPSA) is 110 Å². The molecule has 2 bridgehead atoms. The van der Waals surface area contributed by atoms with Crippen molar-refractivity contribution in [2.45, 2.75) is 64.1 Å². The maximum Gasteiger partial charge on any atom is 0.274 e. The number of pyridine rings is 1. The van der Waals surface area contributed by atoms with Gasteiger partial charge in [0.05, 0.1) is 17.3 Å². The molecule has 0 radical (unpaired) electrons. The van der Waals surface area contributed by atoms with Gasteiger partial charge in [-0.1, -0.05) is 16.5 Å². The smallest absolute Gasteiger partial charge is 0.274 e. The van der Waals surface area contributed by atoms with E-state index in [-0.39, 0.29) is 34.3 Å². The number of fused-ring (bicyclic) bond motifs is 5. The van der Waals surface area contributed by atoms with Gasteiger partial charge < -0.3 is 19.4 Å². The van der Waals surface area contributed by atoms with Crippen LogP contribution in [0.2, 0.25) is 0 Å². The minimum absolute atomic E-state index is 0.0455. The molecular formula is C26H25F2N5O4S. The van der Waals surface area contributed by atoms with Gasteiger partial charge in [-0.05, 0) is 51.3 Å². The van der Waals surface area contributed by atoms with Crippen molar-refractivity contribution in [1.82, 2.24) is 19.7 Å². The normalized spacial score (nSPS) is 24.3. The van der Waals surface area contributed by atoms with Gasteiger partial charge in [0.15, 0.2) is 22.1 Å². The molecule has 0 unspecified atom stereocenters. The lowest BCUT2D eigenvalue weighted by molar-refractivity contribution is -0.0654. The van der Waals surface area contributed by atoms with Gasteiger partial charge in [-0.15, -0.1) is 10.2 Å². The zero-order valence-electron chi connectivity index (χ0n) is 21.0. The predicted octanol–water partition coefficient (Wildman–Crippen LogP) is 3.96. The number of benzene rings is 1. The van der Waals surface area contributed by atoms with Crippen molar-refractivity contribution in [3.63, 3.8) is 0 Å². The van der Waals surface area contributed by atoms with Crippen LogP contribution >= 0.6 is 11.3 Å². The molecular weight excluding hydrogens is 516 g/mol. The molecule has 0 aliphatic carbocycles. The van der Waals surface area contributed by atoms with Crippen LogP contribution in [0.5, 0.6) is 5.75 Å². The van der Waals surface area contributed by atoms with Gasteiger partial charge in [-0.3, -0.25) is 9.59 Å². The van der Waals surface area contributed by atoms with Gasteiger partial charge >= 0.3 is 0 Å². The Morgan fingerprint density at radius 3 is 2.63 bits per heavy atom. The van der Waals surface area contributed by atoms with Crippen LogP contribution in [0.15, 0.2) is 28.3 Å². The fourth-order valence-electron chi connectivity index (χ4n) is 5.76. The fraction of sp³-hybridized carbons (Fsp3) is 0.423. The maximum absolute atomic E-state index is 14.4. The number of aromatic hydroxyl groups is 1. The Kier molecular flexibility index (Phi) is 5.64. The summed E-state index contributed by atoms with van der Waals surface area (Å²) in [7, 11) is 0. The van der Waals surface area contributed by atoms with Crippen LogP contribution in [-0.4, -0.2) is 54.6 Å². The summed E-state index contributed by atoms with van der Waals surface area (Å²) in [4.78, 5) is 34.4. The number of hydrogen-bond donors (Lipinski definition) is 1. The third-order valence-electron chi connectivity index (χ3n) is 7.75. The summed E-state index contributed by atoms with van der Waals surface area (Å²) >= 11 is 1.000. The summed E-state index contributed by atoms with van der Waals surface area (Å²) in [6, 6.07) is 1.98. The third-order valence-corrected chi connectivity index (χ3v) is 8.71. The number of carbonyl (C=O) groups is 1. The second-order valence-corrected chi connectivity index (χ2v) is 11.4. The van der Waals surface area contributed by atoms with E-state index in [0.29, 0.717) is 36.4 Å². The van der Waals surface area contributed by atoms with E-state index >= 15 is 0 Å². The number of aromatic nitrogens is 3. The average molecular weight is 542 g/mol. The van der Waals surface area contributed by atoms with Crippen LogP contribution in [0.25, 0.3) is 10.6 Å². The molecule has 3 aromatic rings. The zero-order valence-corrected chi connectivity index (χ0v) is 21.8. The molecule has 38 heavy (non-hydrogen) atoms. The molecule has 6 rings (SSSR count). The first-order valence-corrected chi connectivity index (χ1v) is 13.2. The van der Waals surface area contributed by atoms with E-state index in [1.807, 2.05) is 13.8 Å². The molecule has 3 aliphatic rings. The second kappa shape index (κ2) is 8.69. The Labute approximate surface area is 220 Å². The molecule has 5 heterocycles. The summed E-state index contributed by atoms with van der Waals surface area (Å²) < 4.78 is 30.4. The molecule has 1 aromatic carbocycles. The number of halogens is 2. The lowest BCUT2D eigenvalue weighted by atomic mass is 9.84. The first kappa shape index (κ1) is 24.7. The molecule has 1 saturated heterocycles. The summed E-state index contributed by atoms with van der Waals surface area (Å²) in [6.07, 6.45) is 3.26. The van der Waals surface area contributed by atoms with Crippen molar-refractivity contribution in [2.75, 3.05) is 6.54 Å². The van der Waals surface area contributed by atoms with Crippen molar-refractivity contribution in [1.29, 1.82) is 0 Å². The van der Waals surface area contributed by atoms with E-state index in [1.54, 1.807) is 16.4 Å². The summed E-state index contributed by atoms with van der Waals surface area (Å²) in [5, 5.41) is 23.8. The number of carbonyl (C=O) groups excluding carboxylic acids is 1. The van der Waals surface area contributed by atoms with Crippen molar-refractivity contribution in [3.8, 4) is 16.3 Å². The van der Waals surface area contributed by atoms with Gasteiger partial charge in [0.2, 0.25) is 5.43 Å². The van der Waals surface area contributed by atoms with Crippen LogP contribution in [0.3, 0.4) is 0 Å². The summed E-state index contributed by atoms with van der Waals surface area (Å²) in [5.74, 6) is -2.47. The lowest BCUT2D eigenvalue weighted by Gasteiger charge is -2.41. The molecule has 9 nitrogen and oxygen atoms in total. The number of rotatable bonds is 3. The van der Waals surface area contributed by atoms with Gasteiger partial charge in [-0.2, -0.15) is 0 Å². The molecule has 3 atom stereocenters. The fourth-order valence-corrected chi connectivity index (χ4v) is 6.62. The lowest BCUT2D eigenvalue weighted by Crippen LogP contribution is -2.52. The Morgan fingerprint density at radius 2 is 1.95 bits per heavy atom. The highest BCUT2D eigenvalue weighted by molar-refractivity contribution is 7.14. The van der Waals surface area contributed by atoms with Crippen LogP contribution in [0.4, 0.5) is 8.78 Å². The largest absolute Gasteiger partial charge is 0.503 e. The third kappa shape index (κ3) is 3.72. The van der Waals surface area contributed by atoms with E-state index in [9.17, 15) is 23.5 Å². The number of amides is 1. The second-order valence-electron chi connectivity index (χ2n) is 10.4. The van der Waals surface area contributed by atoms with E-state index in [0.717, 1.165) is 17.0 Å². The molecule has 1 spiro atoms. The van der Waals surface area contributed by atoms with Gasteiger partial charge in [0.25, 0.3) is 5.91 Å². The van der Waals surface area contributed by atoms with Crippen molar-refractivity contribution >= 4 is 23.0 Å². The van der Waals surface area contributed by atoms with Crippen LogP contribution < -0.4 is 5.43 Å². The van der Waals surface area contributed by atoms with Gasteiger partial charge in [0.1, 0.15) is 16.6 Å².